The van der Waals surface area contributed by atoms with Gasteiger partial charge in [-0.15, -0.1) is 0 Å². The molecular formula is C24H21FN4O3S. The lowest BCUT2D eigenvalue weighted by molar-refractivity contribution is 0.175. The van der Waals surface area contributed by atoms with E-state index in [1.807, 2.05) is 4.90 Å². The summed E-state index contributed by atoms with van der Waals surface area (Å²) in [4.78, 5) is 6.30. The van der Waals surface area contributed by atoms with Crippen LogP contribution in [0, 0.1) is 17.1 Å². The monoisotopic (exact) mass is 464 g/mol. The molecule has 2 aromatic carbocycles. The highest BCUT2D eigenvalue weighted by Gasteiger charge is 2.43. The number of benzene rings is 2. The summed E-state index contributed by atoms with van der Waals surface area (Å²) in [5.74, 6) is 0.190. The van der Waals surface area contributed by atoms with Crippen LogP contribution in [0.5, 0.6) is 5.75 Å². The Morgan fingerprint density at radius 2 is 1.82 bits per heavy atom. The van der Waals surface area contributed by atoms with Gasteiger partial charge >= 0.3 is 0 Å². The number of likely N-dealkylation sites (tertiary alicyclic amines) is 1. The fourth-order valence-corrected chi connectivity index (χ4v) is 6.07. The van der Waals surface area contributed by atoms with Gasteiger partial charge in [0.25, 0.3) is 0 Å². The normalized spacial score (nSPS) is 16.4. The largest absolute Gasteiger partial charge is 0.489 e. The van der Waals surface area contributed by atoms with Crippen LogP contribution in [-0.4, -0.2) is 49.8 Å². The van der Waals surface area contributed by atoms with E-state index in [2.05, 4.69) is 11.1 Å². The molecule has 0 bridgehead atoms. The van der Waals surface area contributed by atoms with Crippen molar-refractivity contribution in [3.8, 4) is 22.9 Å². The molecule has 0 aliphatic carbocycles. The van der Waals surface area contributed by atoms with Crippen LogP contribution >= 0.6 is 0 Å². The zero-order valence-electron chi connectivity index (χ0n) is 17.7. The number of ether oxygens (including phenoxy) is 1. The van der Waals surface area contributed by atoms with Crippen molar-refractivity contribution in [1.82, 2.24) is 9.88 Å². The lowest BCUT2D eigenvalue weighted by Crippen LogP contribution is -2.58. The Bertz CT molecular complexity index is 1320. The van der Waals surface area contributed by atoms with Crippen LogP contribution in [0.2, 0.25) is 0 Å². The Hall–Kier alpha value is -3.48. The van der Waals surface area contributed by atoms with Crippen molar-refractivity contribution in [2.45, 2.75) is 11.8 Å². The lowest BCUT2D eigenvalue weighted by atomic mass is 10.0. The fraction of sp³-hybridized carbons (Fsp3) is 0.250. The van der Waals surface area contributed by atoms with Crippen LogP contribution in [0.25, 0.3) is 11.1 Å². The number of hydrogen-bond acceptors (Lipinski definition) is 6. The maximum atomic E-state index is 13.4. The fourth-order valence-electron chi connectivity index (χ4n) is 4.18. The second-order valence-electron chi connectivity index (χ2n) is 8.13. The number of aromatic nitrogens is 1. The van der Waals surface area contributed by atoms with E-state index in [-0.39, 0.29) is 19.0 Å². The second kappa shape index (κ2) is 8.46. The van der Waals surface area contributed by atoms with Crippen LogP contribution in [-0.2, 0) is 16.6 Å². The first kappa shape index (κ1) is 21.4. The summed E-state index contributed by atoms with van der Waals surface area (Å²) >= 11 is 0. The van der Waals surface area contributed by atoms with Crippen molar-refractivity contribution in [3.05, 3.63) is 77.9 Å². The maximum absolute atomic E-state index is 13.4. The molecule has 7 nitrogen and oxygen atoms in total. The Morgan fingerprint density at radius 3 is 2.52 bits per heavy atom. The van der Waals surface area contributed by atoms with Gasteiger partial charge in [0.05, 0.1) is 24.4 Å². The number of hydrogen-bond donors (Lipinski definition) is 0. The summed E-state index contributed by atoms with van der Waals surface area (Å²) in [6.07, 6.45) is 3.16. The van der Waals surface area contributed by atoms with Gasteiger partial charge in [0.1, 0.15) is 23.4 Å². The summed E-state index contributed by atoms with van der Waals surface area (Å²) in [5, 5.41) is 8.50. The first-order valence-corrected chi connectivity index (χ1v) is 12.1. The highest BCUT2D eigenvalue weighted by atomic mass is 32.2. The molecule has 1 aromatic heterocycles. The molecule has 2 aliphatic rings. The number of nitrogens with zero attached hydrogens (tertiary/aromatic N) is 4. The zero-order valence-corrected chi connectivity index (χ0v) is 18.5. The van der Waals surface area contributed by atoms with E-state index >= 15 is 0 Å². The average Bonchev–Trinajstić information content (AvgIpc) is 2.81. The standard InChI is InChI=1S/C24H21FN4O3S/c25-20-7-3-18(4-8-20)14-28-15-21(16-28)33(30,31)29-9-10-32-24-22(12-27-13-23(24)29)19-5-1-17(11-26)2-6-19/h1-8,12-13,21H,9-10,14-16H2. The molecule has 0 radical (unpaired) electrons. The van der Waals surface area contributed by atoms with E-state index < -0.39 is 15.3 Å². The third-order valence-corrected chi connectivity index (χ3v) is 8.12. The summed E-state index contributed by atoms with van der Waals surface area (Å²) in [6.45, 7) is 1.87. The van der Waals surface area contributed by atoms with Gasteiger partial charge in [-0.1, -0.05) is 24.3 Å². The first-order valence-electron chi connectivity index (χ1n) is 10.6. The van der Waals surface area contributed by atoms with Crippen molar-refractivity contribution in [3.63, 3.8) is 0 Å². The summed E-state index contributed by atoms with van der Waals surface area (Å²) in [7, 11) is -3.61. The molecule has 0 amide bonds. The molecule has 0 N–H and O–H groups in total. The number of anilines is 1. The SMILES string of the molecule is N#Cc1ccc(-c2cncc3c2OCCN3S(=O)(=O)C2CN(Cc3ccc(F)cc3)C2)cc1. The van der Waals surface area contributed by atoms with Gasteiger partial charge < -0.3 is 4.74 Å². The van der Waals surface area contributed by atoms with Gasteiger partial charge in [-0.25, -0.2) is 12.8 Å². The smallest absolute Gasteiger partial charge is 0.240 e. The van der Waals surface area contributed by atoms with Gasteiger partial charge in [-0.05, 0) is 35.4 Å². The van der Waals surface area contributed by atoms with Crippen LogP contribution < -0.4 is 9.04 Å². The maximum Gasteiger partial charge on any atom is 0.240 e. The Kier molecular flexibility index (Phi) is 5.48. The molecule has 168 valence electrons. The minimum atomic E-state index is -3.61. The topological polar surface area (TPSA) is 86.5 Å². The van der Waals surface area contributed by atoms with Crippen LogP contribution in [0.3, 0.4) is 0 Å². The van der Waals surface area contributed by atoms with Gasteiger partial charge in [-0.2, -0.15) is 5.26 Å². The van der Waals surface area contributed by atoms with Crippen molar-refractivity contribution >= 4 is 15.7 Å². The van der Waals surface area contributed by atoms with Gasteiger partial charge in [0, 0.05) is 31.4 Å². The van der Waals surface area contributed by atoms with E-state index in [1.54, 1.807) is 42.6 Å². The van der Waals surface area contributed by atoms with E-state index in [1.165, 1.54) is 22.6 Å². The Labute approximate surface area is 191 Å². The molecule has 0 spiro atoms. The molecule has 1 fully saturated rings. The molecule has 2 aliphatic heterocycles. The van der Waals surface area contributed by atoms with Crippen molar-refractivity contribution in [1.29, 1.82) is 5.26 Å². The molecule has 1 saturated heterocycles. The molecule has 0 unspecified atom stereocenters. The molecule has 3 heterocycles. The van der Waals surface area contributed by atoms with E-state index in [0.717, 1.165) is 11.1 Å². The first-order chi connectivity index (χ1) is 16.0. The molecular weight excluding hydrogens is 443 g/mol. The summed E-state index contributed by atoms with van der Waals surface area (Å²) < 4.78 is 47.3. The second-order valence-corrected chi connectivity index (χ2v) is 10.3. The van der Waals surface area contributed by atoms with Crippen LogP contribution in [0.1, 0.15) is 11.1 Å². The quantitative estimate of drug-likeness (QED) is 0.577. The van der Waals surface area contributed by atoms with E-state index in [9.17, 15) is 12.8 Å². The number of rotatable bonds is 5. The Balaban J connectivity index is 1.36. The van der Waals surface area contributed by atoms with E-state index in [4.69, 9.17) is 10.00 Å². The van der Waals surface area contributed by atoms with Crippen molar-refractivity contribution < 1.29 is 17.5 Å². The highest BCUT2D eigenvalue weighted by molar-refractivity contribution is 7.93. The minimum absolute atomic E-state index is 0.225. The Morgan fingerprint density at radius 1 is 1.09 bits per heavy atom. The molecule has 3 aromatic rings. The average molecular weight is 465 g/mol. The predicted molar refractivity (Wildman–Crippen MR) is 122 cm³/mol. The minimum Gasteiger partial charge on any atom is -0.489 e. The molecule has 33 heavy (non-hydrogen) atoms. The predicted octanol–water partition coefficient (Wildman–Crippen LogP) is 3.17. The lowest BCUT2D eigenvalue weighted by Gasteiger charge is -2.42. The van der Waals surface area contributed by atoms with Crippen molar-refractivity contribution in [2.75, 3.05) is 30.5 Å². The number of halogens is 1. The summed E-state index contributed by atoms with van der Waals surface area (Å²) in [6, 6.07) is 15.3. The molecule has 5 rings (SSSR count). The van der Waals surface area contributed by atoms with Crippen LogP contribution in [0.15, 0.2) is 60.9 Å². The molecule has 9 heteroatoms. The summed E-state index contributed by atoms with van der Waals surface area (Å²) in [5.41, 5.74) is 3.40. The number of sulfonamides is 1. The number of pyridine rings is 1. The molecule has 0 saturated carbocycles. The van der Waals surface area contributed by atoms with Crippen LogP contribution in [0.4, 0.5) is 10.1 Å². The van der Waals surface area contributed by atoms with Gasteiger partial charge in [-0.3, -0.25) is 14.2 Å². The van der Waals surface area contributed by atoms with Gasteiger partial charge in [0.2, 0.25) is 10.0 Å². The molecule has 0 atom stereocenters. The number of fused-ring (bicyclic) bond motifs is 1. The third kappa shape index (κ3) is 4.03. The third-order valence-electron chi connectivity index (χ3n) is 5.98. The van der Waals surface area contributed by atoms with Gasteiger partial charge in [0.15, 0.2) is 5.75 Å². The zero-order chi connectivity index (χ0) is 23.0. The number of nitriles is 1. The van der Waals surface area contributed by atoms with Crippen molar-refractivity contribution in [2.24, 2.45) is 0 Å². The highest BCUT2D eigenvalue weighted by Crippen LogP contribution is 2.41. The van der Waals surface area contributed by atoms with E-state index in [0.29, 0.717) is 42.2 Å².